The van der Waals surface area contributed by atoms with Crippen LogP contribution in [0.2, 0.25) is 0 Å². The third-order valence-corrected chi connectivity index (χ3v) is 3.86. The second kappa shape index (κ2) is 3.93. The number of amides is 1. The van der Waals surface area contributed by atoms with Crippen LogP contribution < -0.4 is 0 Å². The summed E-state index contributed by atoms with van der Waals surface area (Å²) in [4.78, 5) is 14.3. The molecule has 2 heterocycles. The number of rotatable bonds is 0. The average Bonchev–Trinajstić information content (AvgIpc) is 2.45. The summed E-state index contributed by atoms with van der Waals surface area (Å²) >= 11 is 0. The van der Waals surface area contributed by atoms with Crippen molar-refractivity contribution in [3.8, 4) is 0 Å². The van der Waals surface area contributed by atoms with Crippen LogP contribution >= 0.6 is 0 Å². The average molecular weight is 215 g/mol. The van der Waals surface area contributed by atoms with Crippen molar-refractivity contribution < 1.29 is 4.79 Å². The van der Waals surface area contributed by atoms with Gasteiger partial charge in [-0.3, -0.25) is 4.79 Å². The molecule has 3 rings (SSSR count). The van der Waals surface area contributed by atoms with Crippen LogP contribution in [-0.4, -0.2) is 23.4 Å². The Kier molecular flexibility index (Phi) is 2.43. The molecule has 0 spiro atoms. The number of piperidine rings is 1. The summed E-state index contributed by atoms with van der Waals surface area (Å²) < 4.78 is 0. The highest BCUT2D eigenvalue weighted by Crippen LogP contribution is 2.26. The van der Waals surface area contributed by atoms with Crippen molar-refractivity contribution in [2.45, 2.75) is 38.1 Å². The summed E-state index contributed by atoms with van der Waals surface area (Å²) in [5.41, 5.74) is 2.62. The topological polar surface area (TPSA) is 20.3 Å². The molecule has 2 aliphatic heterocycles. The van der Waals surface area contributed by atoms with Gasteiger partial charge in [0.2, 0.25) is 5.91 Å². The minimum Gasteiger partial charge on any atom is -0.339 e. The SMILES string of the molecule is O=C1Cc2ccccc2C[C@@H]2CCCCN12. The molecule has 2 nitrogen and oxygen atoms in total. The van der Waals surface area contributed by atoms with Crippen molar-refractivity contribution >= 4 is 5.91 Å². The highest BCUT2D eigenvalue weighted by Gasteiger charge is 2.30. The second-order valence-corrected chi connectivity index (χ2v) is 4.89. The molecule has 0 saturated carbocycles. The molecular weight excluding hydrogens is 198 g/mol. The third kappa shape index (κ3) is 1.62. The molecule has 0 radical (unpaired) electrons. The second-order valence-electron chi connectivity index (χ2n) is 4.89. The van der Waals surface area contributed by atoms with Crippen LogP contribution in [0.25, 0.3) is 0 Å². The Balaban J connectivity index is 1.96. The fourth-order valence-corrected chi connectivity index (χ4v) is 2.99. The van der Waals surface area contributed by atoms with Gasteiger partial charge in [0.25, 0.3) is 0 Å². The Morgan fingerprint density at radius 2 is 1.94 bits per heavy atom. The lowest BCUT2D eigenvalue weighted by Gasteiger charge is -2.34. The van der Waals surface area contributed by atoms with Crippen LogP contribution in [0.1, 0.15) is 30.4 Å². The summed E-state index contributed by atoms with van der Waals surface area (Å²) in [6, 6.07) is 8.87. The van der Waals surface area contributed by atoms with Gasteiger partial charge in [0, 0.05) is 12.6 Å². The molecule has 0 unspecified atom stereocenters. The van der Waals surface area contributed by atoms with Crippen molar-refractivity contribution in [2.75, 3.05) is 6.54 Å². The number of carbonyl (C=O) groups excluding carboxylic acids is 1. The maximum absolute atomic E-state index is 12.1. The van der Waals surface area contributed by atoms with Gasteiger partial charge in [-0.25, -0.2) is 0 Å². The molecule has 1 atom stereocenters. The van der Waals surface area contributed by atoms with Crippen LogP contribution in [0.5, 0.6) is 0 Å². The highest BCUT2D eigenvalue weighted by molar-refractivity contribution is 5.80. The lowest BCUT2D eigenvalue weighted by atomic mass is 9.95. The zero-order valence-corrected chi connectivity index (χ0v) is 9.48. The standard InChI is InChI=1S/C14H17NO/c16-14-10-12-6-2-1-5-11(12)9-13-7-3-4-8-15(13)14/h1-2,5-6,13H,3-4,7-10H2/t13-/m0/s1. The predicted octanol–water partition coefficient (Wildman–Crippen LogP) is 2.17. The van der Waals surface area contributed by atoms with Crippen molar-refractivity contribution in [1.29, 1.82) is 0 Å². The van der Waals surface area contributed by atoms with Crippen molar-refractivity contribution in [3.05, 3.63) is 35.4 Å². The lowest BCUT2D eigenvalue weighted by Crippen LogP contribution is -2.44. The first-order chi connectivity index (χ1) is 7.84. The number of carbonyl (C=O) groups is 1. The fourth-order valence-electron chi connectivity index (χ4n) is 2.99. The molecule has 1 fully saturated rings. The normalized spacial score (nSPS) is 24.6. The Morgan fingerprint density at radius 1 is 1.12 bits per heavy atom. The van der Waals surface area contributed by atoms with E-state index >= 15 is 0 Å². The summed E-state index contributed by atoms with van der Waals surface area (Å²) in [5.74, 6) is 0.328. The van der Waals surface area contributed by atoms with E-state index in [-0.39, 0.29) is 0 Å². The van der Waals surface area contributed by atoms with Crippen LogP contribution in [0.15, 0.2) is 24.3 Å². The van der Waals surface area contributed by atoms with Gasteiger partial charge in [0.15, 0.2) is 0 Å². The zero-order valence-electron chi connectivity index (χ0n) is 9.48. The van der Waals surface area contributed by atoms with Gasteiger partial charge in [-0.1, -0.05) is 24.3 Å². The van der Waals surface area contributed by atoms with Crippen molar-refractivity contribution in [2.24, 2.45) is 0 Å². The summed E-state index contributed by atoms with van der Waals surface area (Å²) in [6.45, 7) is 0.970. The molecule has 2 heteroatoms. The molecule has 1 saturated heterocycles. The summed E-state index contributed by atoms with van der Waals surface area (Å²) in [6.07, 6.45) is 5.30. The molecule has 0 bridgehead atoms. The van der Waals surface area contributed by atoms with E-state index in [1.54, 1.807) is 0 Å². The zero-order chi connectivity index (χ0) is 11.0. The van der Waals surface area contributed by atoms with Gasteiger partial charge in [-0.15, -0.1) is 0 Å². The van der Waals surface area contributed by atoms with E-state index in [4.69, 9.17) is 0 Å². The molecule has 84 valence electrons. The lowest BCUT2D eigenvalue weighted by molar-refractivity contribution is -0.133. The first-order valence-corrected chi connectivity index (χ1v) is 6.21. The molecule has 0 aromatic heterocycles. The Bertz CT molecular complexity index is 413. The van der Waals surface area contributed by atoms with Crippen molar-refractivity contribution in [1.82, 2.24) is 4.90 Å². The highest BCUT2D eigenvalue weighted by atomic mass is 16.2. The van der Waals surface area contributed by atoms with E-state index in [1.165, 1.54) is 30.4 Å². The largest absolute Gasteiger partial charge is 0.339 e. The van der Waals surface area contributed by atoms with E-state index in [9.17, 15) is 4.79 Å². The number of benzene rings is 1. The number of nitrogens with zero attached hydrogens (tertiary/aromatic N) is 1. The first kappa shape index (κ1) is 9.88. The maximum atomic E-state index is 12.1. The van der Waals surface area contributed by atoms with Crippen molar-refractivity contribution in [3.63, 3.8) is 0 Å². The number of fused-ring (bicyclic) bond motifs is 2. The van der Waals surface area contributed by atoms with Crippen LogP contribution in [0.4, 0.5) is 0 Å². The molecule has 1 aromatic rings. The van der Waals surface area contributed by atoms with Crippen LogP contribution in [0.3, 0.4) is 0 Å². The molecule has 0 aliphatic carbocycles. The molecule has 2 aliphatic rings. The summed E-state index contributed by atoms with van der Waals surface area (Å²) in [5, 5.41) is 0. The van der Waals surface area contributed by atoms with E-state index in [1.807, 2.05) is 6.07 Å². The number of hydrogen-bond donors (Lipinski definition) is 0. The van der Waals surface area contributed by atoms with Gasteiger partial charge in [0.05, 0.1) is 6.42 Å². The van der Waals surface area contributed by atoms with Crippen LogP contribution in [0, 0.1) is 0 Å². The van der Waals surface area contributed by atoms with Gasteiger partial charge in [-0.2, -0.15) is 0 Å². The molecule has 16 heavy (non-hydrogen) atoms. The molecule has 1 amide bonds. The van der Waals surface area contributed by atoms with E-state index < -0.39 is 0 Å². The molecule has 1 aromatic carbocycles. The van der Waals surface area contributed by atoms with E-state index in [0.717, 1.165) is 13.0 Å². The minimum atomic E-state index is 0.328. The monoisotopic (exact) mass is 215 g/mol. The first-order valence-electron chi connectivity index (χ1n) is 6.21. The maximum Gasteiger partial charge on any atom is 0.227 e. The Morgan fingerprint density at radius 3 is 2.81 bits per heavy atom. The van der Waals surface area contributed by atoms with Gasteiger partial charge in [0.1, 0.15) is 0 Å². The van der Waals surface area contributed by atoms with E-state index in [2.05, 4.69) is 23.1 Å². The smallest absolute Gasteiger partial charge is 0.227 e. The molecular formula is C14H17NO. The Hall–Kier alpha value is -1.31. The van der Waals surface area contributed by atoms with E-state index in [0.29, 0.717) is 18.4 Å². The number of hydrogen-bond acceptors (Lipinski definition) is 1. The molecule has 0 N–H and O–H groups in total. The quantitative estimate of drug-likeness (QED) is 0.649. The van der Waals surface area contributed by atoms with Gasteiger partial charge < -0.3 is 4.90 Å². The minimum absolute atomic E-state index is 0.328. The third-order valence-electron chi connectivity index (χ3n) is 3.86. The van der Waals surface area contributed by atoms with Gasteiger partial charge >= 0.3 is 0 Å². The van der Waals surface area contributed by atoms with Crippen LogP contribution in [-0.2, 0) is 17.6 Å². The Labute approximate surface area is 96.3 Å². The fraction of sp³-hybridized carbons (Fsp3) is 0.500. The predicted molar refractivity (Wildman–Crippen MR) is 63.2 cm³/mol. The summed E-state index contributed by atoms with van der Waals surface area (Å²) in [7, 11) is 0. The van der Waals surface area contributed by atoms with Gasteiger partial charge in [-0.05, 0) is 36.8 Å².